The molecular weight excluding hydrogens is 292 g/mol. The van der Waals surface area contributed by atoms with E-state index in [-0.39, 0.29) is 6.42 Å². The van der Waals surface area contributed by atoms with Gasteiger partial charge >= 0.3 is 0 Å². The highest BCUT2D eigenvalue weighted by atomic mass is 16.4. The number of ketones is 2. The Morgan fingerprint density at radius 2 is 0.762 bits per heavy atom. The van der Waals surface area contributed by atoms with E-state index in [1.165, 1.54) is 0 Å². The molecule has 1 fully saturated rings. The van der Waals surface area contributed by atoms with Crippen molar-refractivity contribution in [2.24, 2.45) is 0 Å². The van der Waals surface area contributed by atoms with Crippen LogP contribution in [0, 0.1) is 6.42 Å². The minimum absolute atomic E-state index is 0.172. The fourth-order valence-corrected chi connectivity index (χ4v) is 1.83. The van der Waals surface area contributed by atoms with Gasteiger partial charge in [-0.1, -0.05) is 0 Å². The van der Waals surface area contributed by atoms with Gasteiger partial charge in [-0.25, -0.2) is 0 Å². The Morgan fingerprint density at radius 3 is 1.05 bits per heavy atom. The second kappa shape index (κ2) is 6.85. The minimum atomic E-state index is -2.31. The Kier molecular flexibility index (Phi) is 5.90. The molecule has 0 aromatic rings. The maximum Gasteiger partial charge on any atom is 0.175 e. The van der Waals surface area contributed by atoms with Crippen LogP contribution in [0.2, 0.25) is 0 Å². The molecule has 1 rings (SSSR count). The summed E-state index contributed by atoms with van der Waals surface area (Å²) in [5, 5.41) is 76.0. The quantitative estimate of drug-likeness (QED) is 0.213. The molecule has 21 heavy (non-hydrogen) atoms. The van der Waals surface area contributed by atoms with E-state index < -0.39 is 60.4 Å². The summed E-state index contributed by atoms with van der Waals surface area (Å²) in [6, 6.07) is 0. The summed E-state index contributed by atoms with van der Waals surface area (Å²) >= 11 is 0. The number of Topliss-reactive ketones (excluding diaryl/α,β-unsaturated/α-hetero) is 2. The van der Waals surface area contributed by atoms with E-state index in [2.05, 4.69) is 0 Å². The average molecular weight is 309 g/mol. The molecule has 0 spiro atoms. The summed E-state index contributed by atoms with van der Waals surface area (Å²) in [6.45, 7) is 0. The molecule has 1 saturated carbocycles. The van der Waals surface area contributed by atoms with Crippen molar-refractivity contribution in [2.75, 3.05) is 0 Å². The van der Waals surface area contributed by atoms with Crippen LogP contribution in [0.1, 0.15) is 0 Å². The Labute approximate surface area is 118 Å². The van der Waals surface area contributed by atoms with Crippen LogP contribution < -0.4 is 0 Å². The fraction of sp³-hybridized carbons (Fsp3) is 0.727. The van der Waals surface area contributed by atoms with E-state index >= 15 is 0 Å². The molecule has 0 bridgehead atoms. The molecule has 10 nitrogen and oxygen atoms in total. The number of hydrogen-bond acceptors (Lipinski definition) is 10. The van der Waals surface area contributed by atoms with E-state index in [0.29, 0.717) is 0 Å². The number of carbonyl (C=O) groups excluding carboxylic acids is 2. The second-order valence-electron chi connectivity index (χ2n) is 4.78. The lowest BCUT2D eigenvalue weighted by Crippen LogP contribution is -2.56. The third-order valence-corrected chi connectivity index (χ3v) is 3.26. The predicted octanol–water partition coefficient (Wildman–Crippen LogP) is -5.77. The summed E-state index contributed by atoms with van der Waals surface area (Å²) in [7, 11) is 0. The van der Waals surface area contributed by atoms with Gasteiger partial charge in [0, 0.05) is 0 Å². The highest BCUT2D eigenvalue weighted by molar-refractivity contribution is 6.13. The van der Waals surface area contributed by atoms with Crippen LogP contribution in [0.3, 0.4) is 0 Å². The smallest absolute Gasteiger partial charge is 0.175 e. The highest BCUT2D eigenvalue weighted by Gasteiger charge is 2.45. The molecule has 0 aliphatic heterocycles. The molecule has 1 radical (unpaired) electrons. The van der Waals surface area contributed by atoms with Crippen molar-refractivity contribution >= 4 is 11.6 Å². The van der Waals surface area contributed by atoms with Crippen LogP contribution >= 0.6 is 0 Å². The van der Waals surface area contributed by atoms with Gasteiger partial charge in [0.1, 0.15) is 48.8 Å². The van der Waals surface area contributed by atoms with Crippen LogP contribution in [0.25, 0.3) is 0 Å². The largest absolute Gasteiger partial charge is 0.387 e. The second-order valence-corrected chi connectivity index (χ2v) is 4.78. The lowest BCUT2D eigenvalue weighted by atomic mass is 9.93. The standard InChI is InChI=1S/C11H17O10/c12-2-1-3(13)5(15)7(17)9(19)11(21)10(20)8(18)6(16)4(2)14/h1,4-11,14-21H. The van der Waals surface area contributed by atoms with Crippen molar-refractivity contribution in [3.63, 3.8) is 0 Å². The molecule has 0 amide bonds. The molecule has 1 aliphatic carbocycles. The summed E-state index contributed by atoms with van der Waals surface area (Å²) < 4.78 is 0. The molecule has 0 aromatic carbocycles. The SMILES string of the molecule is O=C1[CH]C(=O)C(O)C(O)C(O)C(O)C(O)C(O)C(O)C1O. The van der Waals surface area contributed by atoms with Gasteiger partial charge in [0.25, 0.3) is 0 Å². The molecule has 10 heteroatoms. The van der Waals surface area contributed by atoms with Crippen molar-refractivity contribution in [3.05, 3.63) is 6.42 Å². The normalized spacial score (nSPS) is 47.0. The van der Waals surface area contributed by atoms with Gasteiger partial charge in [0.2, 0.25) is 0 Å². The number of carbonyl (C=O) groups is 2. The zero-order chi connectivity index (χ0) is 16.5. The average Bonchev–Trinajstić information content (AvgIpc) is 2.47. The molecule has 0 saturated heterocycles. The summed E-state index contributed by atoms with van der Waals surface area (Å²) in [4.78, 5) is 22.9. The Hall–Kier alpha value is -0.980. The van der Waals surface area contributed by atoms with E-state index in [1.54, 1.807) is 0 Å². The number of aliphatic hydroxyl groups is 8. The van der Waals surface area contributed by atoms with E-state index in [0.717, 1.165) is 0 Å². The van der Waals surface area contributed by atoms with Crippen molar-refractivity contribution < 1.29 is 50.4 Å². The third-order valence-electron chi connectivity index (χ3n) is 3.26. The molecule has 0 heterocycles. The van der Waals surface area contributed by atoms with Gasteiger partial charge in [-0.2, -0.15) is 0 Å². The molecular formula is C11H17O10. The zero-order valence-corrected chi connectivity index (χ0v) is 10.6. The van der Waals surface area contributed by atoms with Gasteiger partial charge in [-0.15, -0.1) is 0 Å². The van der Waals surface area contributed by atoms with Gasteiger partial charge in [0.05, 0.1) is 6.42 Å². The molecule has 1 aliphatic rings. The fourth-order valence-electron chi connectivity index (χ4n) is 1.83. The van der Waals surface area contributed by atoms with Crippen molar-refractivity contribution in [1.29, 1.82) is 0 Å². The monoisotopic (exact) mass is 309 g/mol. The first-order valence-electron chi connectivity index (χ1n) is 5.96. The topological polar surface area (TPSA) is 196 Å². The van der Waals surface area contributed by atoms with Crippen molar-refractivity contribution in [2.45, 2.75) is 48.8 Å². The Balaban J connectivity index is 3.16. The van der Waals surface area contributed by atoms with Gasteiger partial charge < -0.3 is 40.9 Å². The predicted molar refractivity (Wildman–Crippen MR) is 62.4 cm³/mol. The van der Waals surface area contributed by atoms with Crippen LogP contribution in [0.5, 0.6) is 0 Å². The van der Waals surface area contributed by atoms with Gasteiger partial charge in [0.15, 0.2) is 11.6 Å². The number of rotatable bonds is 0. The Bertz CT molecular complexity index is 362. The van der Waals surface area contributed by atoms with Crippen molar-refractivity contribution in [1.82, 2.24) is 0 Å². The minimum Gasteiger partial charge on any atom is -0.387 e. The first-order valence-corrected chi connectivity index (χ1v) is 5.96. The molecule has 8 atom stereocenters. The van der Waals surface area contributed by atoms with Crippen LogP contribution in [-0.4, -0.2) is 101 Å². The summed E-state index contributed by atoms with van der Waals surface area (Å²) in [5.41, 5.74) is 0. The molecule has 0 aromatic heterocycles. The van der Waals surface area contributed by atoms with Gasteiger partial charge in [-0.05, 0) is 0 Å². The van der Waals surface area contributed by atoms with Crippen LogP contribution in [-0.2, 0) is 9.59 Å². The number of hydrogen-bond donors (Lipinski definition) is 8. The van der Waals surface area contributed by atoms with Crippen molar-refractivity contribution in [3.8, 4) is 0 Å². The third kappa shape index (κ3) is 3.62. The van der Waals surface area contributed by atoms with Crippen LogP contribution in [0.4, 0.5) is 0 Å². The zero-order valence-electron chi connectivity index (χ0n) is 10.6. The summed E-state index contributed by atoms with van der Waals surface area (Å²) in [5.74, 6) is -2.79. The highest BCUT2D eigenvalue weighted by Crippen LogP contribution is 2.17. The lowest BCUT2D eigenvalue weighted by molar-refractivity contribution is -0.176. The number of aliphatic hydroxyl groups excluding tert-OH is 8. The molecule has 121 valence electrons. The first-order chi connectivity index (χ1) is 9.59. The molecule has 8 N–H and O–H groups in total. The van der Waals surface area contributed by atoms with E-state index in [1.807, 2.05) is 0 Å². The Morgan fingerprint density at radius 1 is 0.524 bits per heavy atom. The first kappa shape index (κ1) is 18.1. The lowest BCUT2D eigenvalue weighted by Gasteiger charge is -2.31. The maximum atomic E-state index is 11.4. The summed E-state index contributed by atoms with van der Waals surface area (Å²) in [6.07, 6.45) is -18.1. The molecule has 8 unspecified atom stereocenters. The van der Waals surface area contributed by atoms with E-state index in [9.17, 15) is 50.4 Å². The maximum absolute atomic E-state index is 11.4. The van der Waals surface area contributed by atoms with Crippen LogP contribution in [0.15, 0.2) is 0 Å². The van der Waals surface area contributed by atoms with Gasteiger partial charge in [-0.3, -0.25) is 9.59 Å². The van der Waals surface area contributed by atoms with E-state index in [4.69, 9.17) is 0 Å².